The molecule has 0 aliphatic rings. The molecule has 0 atom stereocenters. The summed E-state index contributed by atoms with van der Waals surface area (Å²) in [6.45, 7) is -0.425. The Bertz CT molecular complexity index is 614. The van der Waals surface area contributed by atoms with E-state index in [1.165, 1.54) is 5.48 Å². The fourth-order valence-corrected chi connectivity index (χ4v) is 1.74. The van der Waals surface area contributed by atoms with E-state index in [2.05, 4.69) is 5.32 Å². The fraction of sp³-hybridized carbons (Fsp3) is 0.125. The highest BCUT2D eigenvalue weighted by Gasteiger charge is 2.19. The third-order valence-corrected chi connectivity index (χ3v) is 2.97. The van der Waals surface area contributed by atoms with Crippen LogP contribution in [0.4, 0.5) is 11.4 Å². The minimum Gasteiger partial charge on any atom is -0.370 e. The Morgan fingerprint density at radius 3 is 2.58 bits per heavy atom. The predicted molar refractivity (Wildman–Crippen MR) is 62.9 cm³/mol. The van der Waals surface area contributed by atoms with Crippen molar-refractivity contribution in [3.63, 3.8) is 0 Å². The molecule has 1 amide bonds. The molecule has 1 aromatic carbocycles. The van der Waals surface area contributed by atoms with Gasteiger partial charge in [0.1, 0.15) is 5.69 Å². The van der Waals surface area contributed by atoms with Crippen molar-refractivity contribution in [2.45, 2.75) is 4.90 Å². The van der Waals surface area contributed by atoms with Crippen molar-refractivity contribution in [2.75, 3.05) is 11.9 Å². The second kappa shape index (κ2) is 5.60. The first-order valence-electron chi connectivity index (χ1n) is 4.73. The number of carbonyl (C=O) groups is 1. The van der Waals surface area contributed by atoms with E-state index in [-0.39, 0.29) is 5.69 Å². The van der Waals surface area contributed by atoms with E-state index < -0.39 is 38.0 Å². The molecule has 0 aliphatic carbocycles. The SMILES string of the molecule is NS(=O)(=O)c1ccc(NCC(=O)NO)c([N+](=O)[O-])c1. The van der Waals surface area contributed by atoms with E-state index in [0.717, 1.165) is 18.2 Å². The van der Waals surface area contributed by atoms with E-state index in [1.807, 2.05) is 0 Å². The zero-order chi connectivity index (χ0) is 14.6. The lowest BCUT2D eigenvalue weighted by atomic mass is 10.2. The van der Waals surface area contributed by atoms with Crippen LogP contribution in [0.5, 0.6) is 0 Å². The Morgan fingerprint density at radius 1 is 1.47 bits per heavy atom. The number of nitrogens with two attached hydrogens (primary N) is 1. The number of nitro benzene ring substituents is 1. The molecule has 10 nitrogen and oxygen atoms in total. The van der Waals surface area contributed by atoms with Crippen molar-refractivity contribution in [1.82, 2.24) is 5.48 Å². The highest BCUT2D eigenvalue weighted by Crippen LogP contribution is 2.26. The van der Waals surface area contributed by atoms with Gasteiger partial charge in [0, 0.05) is 6.07 Å². The van der Waals surface area contributed by atoms with E-state index >= 15 is 0 Å². The van der Waals surface area contributed by atoms with Gasteiger partial charge in [-0.1, -0.05) is 0 Å². The van der Waals surface area contributed by atoms with Crippen LogP contribution in [0, 0.1) is 10.1 Å². The topological polar surface area (TPSA) is 165 Å². The summed E-state index contributed by atoms with van der Waals surface area (Å²) in [7, 11) is -4.06. The Kier molecular flexibility index (Phi) is 4.37. The maximum atomic E-state index is 11.1. The lowest BCUT2D eigenvalue weighted by Crippen LogP contribution is -2.27. The average molecular weight is 290 g/mol. The van der Waals surface area contributed by atoms with Crippen molar-refractivity contribution in [3.8, 4) is 0 Å². The zero-order valence-electron chi connectivity index (χ0n) is 9.36. The first kappa shape index (κ1) is 14.8. The highest BCUT2D eigenvalue weighted by molar-refractivity contribution is 7.89. The van der Waals surface area contributed by atoms with Crippen LogP contribution in [-0.2, 0) is 14.8 Å². The van der Waals surface area contributed by atoms with Crippen molar-refractivity contribution >= 4 is 27.3 Å². The van der Waals surface area contributed by atoms with Crippen LogP contribution in [0.25, 0.3) is 0 Å². The number of hydrogen-bond acceptors (Lipinski definition) is 7. The second-order valence-corrected chi connectivity index (χ2v) is 4.93. The lowest BCUT2D eigenvalue weighted by molar-refractivity contribution is -0.384. The van der Waals surface area contributed by atoms with Crippen LogP contribution in [0.2, 0.25) is 0 Å². The van der Waals surface area contributed by atoms with Crippen molar-refractivity contribution < 1.29 is 23.3 Å². The number of anilines is 1. The normalized spacial score (nSPS) is 10.8. The van der Waals surface area contributed by atoms with Gasteiger partial charge in [-0.05, 0) is 12.1 Å². The van der Waals surface area contributed by atoms with Crippen LogP contribution in [0.1, 0.15) is 0 Å². The van der Waals surface area contributed by atoms with E-state index in [9.17, 15) is 23.3 Å². The molecule has 0 radical (unpaired) electrons. The second-order valence-electron chi connectivity index (χ2n) is 3.37. The summed E-state index contributed by atoms with van der Waals surface area (Å²) in [5.74, 6) is -0.815. The van der Waals surface area contributed by atoms with Gasteiger partial charge in [0.2, 0.25) is 10.0 Å². The molecule has 5 N–H and O–H groups in total. The Hall–Kier alpha value is -2.24. The monoisotopic (exact) mass is 290 g/mol. The fourth-order valence-electron chi connectivity index (χ4n) is 1.20. The van der Waals surface area contributed by atoms with Gasteiger partial charge in [-0.3, -0.25) is 20.1 Å². The van der Waals surface area contributed by atoms with Crippen LogP contribution in [0.15, 0.2) is 23.1 Å². The first-order valence-corrected chi connectivity index (χ1v) is 6.28. The van der Waals surface area contributed by atoms with E-state index in [1.54, 1.807) is 0 Å². The molecule has 1 aromatic rings. The summed E-state index contributed by atoms with van der Waals surface area (Å²) < 4.78 is 22.1. The number of sulfonamides is 1. The molecule has 0 bridgehead atoms. The maximum absolute atomic E-state index is 11.1. The van der Waals surface area contributed by atoms with Gasteiger partial charge < -0.3 is 5.32 Å². The summed E-state index contributed by atoms with van der Waals surface area (Å²) in [5.41, 5.74) is 0.692. The number of hydrogen-bond donors (Lipinski definition) is 4. The van der Waals surface area contributed by atoms with Gasteiger partial charge in [-0.2, -0.15) is 0 Å². The molecule has 11 heteroatoms. The van der Waals surface area contributed by atoms with Gasteiger partial charge in [0.15, 0.2) is 0 Å². The maximum Gasteiger partial charge on any atom is 0.293 e. The number of carbonyl (C=O) groups excluding carboxylic acids is 1. The average Bonchev–Trinajstić information content (AvgIpc) is 2.34. The Balaban J connectivity index is 3.12. The quantitative estimate of drug-likeness (QED) is 0.311. The summed E-state index contributed by atoms with van der Waals surface area (Å²) in [5, 5.41) is 26.3. The van der Waals surface area contributed by atoms with Crippen molar-refractivity contribution in [1.29, 1.82) is 0 Å². The summed E-state index contributed by atoms with van der Waals surface area (Å²) in [4.78, 5) is 20.3. The number of nitrogens with one attached hydrogen (secondary N) is 2. The number of amides is 1. The van der Waals surface area contributed by atoms with Crippen LogP contribution < -0.4 is 15.9 Å². The summed E-state index contributed by atoms with van der Waals surface area (Å²) in [6, 6.07) is 2.93. The Labute approximate surface area is 107 Å². The zero-order valence-corrected chi connectivity index (χ0v) is 10.2. The number of rotatable bonds is 5. The highest BCUT2D eigenvalue weighted by atomic mass is 32.2. The van der Waals surface area contributed by atoms with Crippen molar-refractivity contribution in [3.05, 3.63) is 28.3 Å². The van der Waals surface area contributed by atoms with Crippen LogP contribution in [0.3, 0.4) is 0 Å². The number of primary sulfonamides is 1. The largest absolute Gasteiger partial charge is 0.370 e. The molecule has 1 rings (SSSR count). The molecule has 0 unspecified atom stereocenters. The molecule has 0 fully saturated rings. The lowest BCUT2D eigenvalue weighted by Gasteiger charge is -2.07. The standard InChI is InChI=1S/C8H10N4O6S/c9-19(17,18)5-1-2-6(7(3-5)12(15)16)10-4-8(13)11-14/h1-3,10,14H,4H2,(H,11,13)(H2,9,17,18). The Morgan fingerprint density at radius 2 is 2.11 bits per heavy atom. The van der Waals surface area contributed by atoms with Crippen LogP contribution in [-0.4, -0.2) is 31.0 Å². The molecule has 0 aliphatic heterocycles. The number of benzene rings is 1. The number of nitro groups is 1. The minimum atomic E-state index is -4.06. The molecule has 0 aromatic heterocycles. The smallest absolute Gasteiger partial charge is 0.293 e. The van der Waals surface area contributed by atoms with E-state index in [4.69, 9.17) is 10.3 Å². The number of nitrogens with zero attached hydrogens (tertiary/aromatic N) is 1. The third-order valence-electron chi connectivity index (χ3n) is 2.06. The first-order chi connectivity index (χ1) is 8.75. The van der Waals surface area contributed by atoms with Gasteiger partial charge in [0.25, 0.3) is 11.6 Å². The summed E-state index contributed by atoms with van der Waals surface area (Å²) in [6.07, 6.45) is 0. The molecule has 0 saturated heterocycles. The molecule has 19 heavy (non-hydrogen) atoms. The molecule has 0 saturated carbocycles. The molecule has 0 heterocycles. The van der Waals surface area contributed by atoms with Crippen molar-refractivity contribution in [2.24, 2.45) is 5.14 Å². The predicted octanol–water partition coefficient (Wildman–Crippen LogP) is -0.840. The summed E-state index contributed by atoms with van der Waals surface area (Å²) >= 11 is 0. The van der Waals surface area contributed by atoms with Crippen LogP contribution >= 0.6 is 0 Å². The number of hydroxylamine groups is 1. The van der Waals surface area contributed by atoms with E-state index in [0.29, 0.717) is 0 Å². The molecule has 104 valence electrons. The minimum absolute atomic E-state index is 0.0824. The molecular formula is C8H10N4O6S. The van der Waals surface area contributed by atoms with Gasteiger partial charge in [-0.25, -0.2) is 19.0 Å². The van der Waals surface area contributed by atoms with Gasteiger partial charge in [-0.15, -0.1) is 0 Å². The third kappa shape index (κ3) is 3.87. The van der Waals surface area contributed by atoms with Gasteiger partial charge >= 0.3 is 0 Å². The van der Waals surface area contributed by atoms with Gasteiger partial charge in [0.05, 0.1) is 16.4 Å². The molecule has 0 spiro atoms. The molecular weight excluding hydrogens is 280 g/mol.